The summed E-state index contributed by atoms with van der Waals surface area (Å²) in [6.07, 6.45) is 1.24. The van der Waals surface area contributed by atoms with Crippen LogP contribution in [0.3, 0.4) is 0 Å². The van der Waals surface area contributed by atoms with Gasteiger partial charge in [-0.2, -0.15) is 5.26 Å². The SMILES string of the molecule is CC1CC(C)CN(CCNS(=O)(=O)c2ccc(C#N)cc2)C1. The summed E-state index contributed by atoms with van der Waals surface area (Å²) in [5.41, 5.74) is 0.454. The zero-order valence-corrected chi connectivity index (χ0v) is 13.9. The van der Waals surface area contributed by atoms with Gasteiger partial charge in [-0.3, -0.25) is 0 Å². The molecule has 1 aromatic carbocycles. The number of nitrogens with one attached hydrogen (secondary N) is 1. The molecular weight excluding hydrogens is 298 g/mol. The van der Waals surface area contributed by atoms with Crippen molar-refractivity contribution in [2.75, 3.05) is 26.2 Å². The van der Waals surface area contributed by atoms with Crippen molar-refractivity contribution in [3.05, 3.63) is 29.8 Å². The van der Waals surface area contributed by atoms with Crippen molar-refractivity contribution in [2.45, 2.75) is 25.2 Å². The van der Waals surface area contributed by atoms with E-state index in [1.807, 2.05) is 6.07 Å². The molecule has 1 aromatic rings. The molecule has 0 aliphatic carbocycles. The van der Waals surface area contributed by atoms with Gasteiger partial charge in [-0.15, -0.1) is 0 Å². The molecule has 0 bridgehead atoms. The fourth-order valence-corrected chi connectivity index (χ4v) is 4.13. The predicted octanol–water partition coefficient (Wildman–Crippen LogP) is 1.81. The van der Waals surface area contributed by atoms with E-state index in [4.69, 9.17) is 5.26 Å². The van der Waals surface area contributed by atoms with E-state index in [-0.39, 0.29) is 4.90 Å². The Bertz CT molecular complexity index is 624. The summed E-state index contributed by atoms with van der Waals surface area (Å²) in [7, 11) is -3.50. The van der Waals surface area contributed by atoms with Gasteiger partial charge in [0.2, 0.25) is 10.0 Å². The number of nitrogens with zero attached hydrogens (tertiary/aromatic N) is 2. The molecule has 1 N–H and O–H groups in total. The van der Waals surface area contributed by atoms with Crippen LogP contribution in [0.2, 0.25) is 0 Å². The molecule has 0 aromatic heterocycles. The highest BCUT2D eigenvalue weighted by Gasteiger charge is 2.22. The quantitative estimate of drug-likeness (QED) is 0.898. The van der Waals surface area contributed by atoms with Crippen molar-refractivity contribution in [3.63, 3.8) is 0 Å². The number of piperidine rings is 1. The fourth-order valence-electron chi connectivity index (χ4n) is 3.10. The monoisotopic (exact) mass is 321 g/mol. The maximum absolute atomic E-state index is 12.2. The molecule has 2 atom stereocenters. The lowest BCUT2D eigenvalue weighted by atomic mass is 9.92. The van der Waals surface area contributed by atoms with Crippen LogP contribution in [0.5, 0.6) is 0 Å². The molecule has 1 aliphatic rings. The molecule has 5 nitrogen and oxygen atoms in total. The topological polar surface area (TPSA) is 73.2 Å². The average molecular weight is 321 g/mol. The van der Waals surface area contributed by atoms with Gasteiger partial charge >= 0.3 is 0 Å². The van der Waals surface area contributed by atoms with E-state index in [0.717, 1.165) is 19.6 Å². The number of rotatable bonds is 5. The molecule has 0 radical (unpaired) electrons. The number of sulfonamides is 1. The van der Waals surface area contributed by atoms with Crippen LogP contribution in [-0.4, -0.2) is 39.5 Å². The Hall–Kier alpha value is -1.42. The van der Waals surface area contributed by atoms with Crippen molar-refractivity contribution in [1.29, 1.82) is 5.26 Å². The van der Waals surface area contributed by atoms with Crippen LogP contribution in [0.1, 0.15) is 25.8 Å². The van der Waals surface area contributed by atoms with Gasteiger partial charge in [0.05, 0.1) is 16.5 Å². The van der Waals surface area contributed by atoms with Crippen molar-refractivity contribution >= 4 is 10.0 Å². The van der Waals surface area contributed by atoms with Crippen LogP contribution in [0.4, 0.5) is 0 Å². The molecule has 0 saturated carbocycles. The summed E-state index contributed by atoms with van der Waals surface area (Å²) >= 11 is 0. The number of hydrogen-bond donors (Lipinski definition) is 1. The Kier molecular flexibility index (Phi) is 5.57. The van der Waals surface area contributed by atoms with Crippen LogP contribution in [-0.2, 0) is 10.0 Å². The van der Waals surface area contributed by atoms with Gasteiger partial charge < -0.3 is 4.90 Å². The second kappa shape index (κ2) is 7.23. The molecule has 2 unspecified atom stereocenters. The summed E-state index contributed by atoms with van der Waals surface area (Å²) < 4.78 is 27.0. The highest BCUT2D eigenvalue weighted by Crippen LogP contribution is 2.20. The summed E-state index contributed by atoms with van der Waals surface area (Å²) in [6.45, 7) is 7.67. The molecule has 1 saturated heterocycles. The first-order chi connectivity index (χ1) is 10.4. The lowest BCUT2D eigenvalue weighted by Crippen LogP contribution is -2.42. The minimum absolute atomic E-state index is 0.201. The van der Waals surface area contributed by atoms with E-state index >= 15 is 0 Å². The Labute approximate surface area is 133 Å². The molecule has 0 spiro atoms. The maximum atomic E-state index is 12.2. The number of hydrogen-bond acceptors (Lipinski definition) is 4. The molecule has 1 fully saturated rings. The first kappa shape index (κ1) is 16.9. The predicted molar refractivity (Wildman–Crippen MR) is 85.7 cm³/mol. The molecule has 22 heavy (non-hydrogen) atoms. The van der Waals surface area contributed by atoms with Gasteiger partial charge in [0.25, 0.3) is 0 Å². The molecule has 0 amide bonds. The number of likely N-dealkylation sites (tertiary alicyclic amines) is 1. The zero-order chi connectivity index (χ0) is 16.2. The van der Waals surface area contributed by atoms with Crippen LogP contribution in [0.25, 0.3) is 0 Å². The van der Waals surface area contributed by atoms with Crippen molar-refractivity contribution in [2.24, 2.45) is 11.8 Å². The molecule has 120 valence electrons. The van der Waals surface area contributed by atoms with Crippen LogP contribution >= 0.6 is 0 Å². The second-order valence-electron chi connectivity index (χ2n) is 6.24. The van der Waals surface area contributed by atoms with Crippen LogP contribution < -0.4 is 4.72 Å². The largest absolute Gasteiger partial charge is 0.302 e. The third-order valence-electron chi connectivity index (χ3n) is 3.96. The van der Waals surface area contributed by atoms with Crippen LogP contribution in [0, 0.1) is 23.2 Å². The standard InChI is InChI=1S/C16H23N3O2S/c1-13-9-14(2)12-19(11-13)8-7-18-22(20,21)16-5-3-15(10-17)4-6-16/h3-6,13-14,18H,7-9,11-12H2,1-2H3. The third-order valence-corrected chi connectivity index (χ3v) is 5.44. The summed E-state index contributed by atoms with van der Waals surface area (Å²) in [6, 6.07) is 7.94. The summed E-state index contributed by atoms with van der Waals surface area (Å²) in [5, 5.41) is 8.74. The summed E-state index contributed by atoms with van der Waals surface area (Å²) in [5.74, 6) is 1.33. The maximum Gasteiger partial charge on any atom is 0.240 e. The molecular formula is C16H23N3O2S. The fraction of sp³-hybridized carbons (Fsp3) is 0.562. The zero-order valence-electron chi connectivity index (χ0n) is 13.1. The molecule has 1 heterocycles. The van der Waals surface area contributed by atoms with Crippen molar-refractivity contribution < 1.29 is 8.42 Å². The Balaban J connectivity index is 1.88. The second-order valence-corrected chi connectivity index (χ2v) is 8.01. The van der Waals surface area contributed by atoms with Gasteiger partial charge in [0.1, 0.15) is 0 Å². The first-order valence-electron chi connectivity index (χ1n) is 7.63. The van der Waals surface area contributed by atoms with E-state index < -0.39 is 10.0 Å². The van der Waals surface area contributed by atoms with Crippen molar-refractivity contribution in [1.82, 2.24) is 9.62 Å². The highest BCUT2D eigenvalue weighted by atomic mass is 32.2. The minimum atomic E-state index is -3.50. The van der Waals surface area contributed by atoms with Gasteiger partial charge in [-0.25, -0.2) is 13.1 Å². The first-order valence-corrected chi connectivity index (χ1v) is 9.11. The van der Waals surface area contributed by atoms with Gasteiger partial charge in [-0.1, -0.05) is 13.8 Å². The Morgan fingerprint density at radius 1 is 1.23 bits per heavy atom. The van der Waals surface area contributed by atoms with Gasteiger partial charge in [-0.05, 0) is 42.5 Å². The van der Waals surface area contributed by atoms with Crippen molar-refractivity contribution in [3.8, 4) is 6.07 Å². The third kappa shape index (κ3) is 4.54. The smallest absolute Gasteiger partial charge is 0.240 e. The number of benzene rings is 1. The Morgan fingerprint density at radius 2 is 1.82 bits per heavy atom. The normalized spacial score (nSPS) is 23.1. The lowest BCUT2D eigenvalue weighted by Gasteiger charge is -2.34. The summed E-state index contributed by atoms with van der Waals surface area (Å²) in [4.78, 5) is 2.52. The lowest BCUT2D eigenvalue weighted by molar-refractivity contribution is 0.143. The Morgan fingerprint density at radius 3 is 2.36 bits per heavy atom. The van der Waals surface area contributed by atoms with Gasteiger partial charge in [0.15, 0.2) is 0 Å². The van der Waals surface area contributed by atoms with E-state index in [0.29, 0.717) is 23.9 Å². The molecule has 6 heteroatoms. The van der Waals surface area contributed by atoms with Gasteiger partial charge in [0, 0.05) is 26.2 Å². The average Bonchev–Trinajstić information content (AvgIpc) is 2.46. The molecule has 1 aliphatic heterocycles. The highest BCUT2D eigenvalue weighted by molar-refractivity contribution is 7.89. The van der Waals surface area contributed by atoms with E-state index in [1.54, 1.807) is 0 Å². The van der Waals surface area contributed by atoms with E-state index in [9.17, 15) is 8.42 Å². The minimum Gasteiger partial charge on any atom is -0.302 e. The molecule has 2 rings (SSSR count). The van der Waals surface area contributed by atoms with E-state index in [1.165, 1.54) is 30.7 Å². The van der Waals surface area contributed by atoms with E-state index in [2.05, 4.69) is 23.5 Å². The number of nitriles is 1. The van der Waals surface area contributed by atoms with Crippen LogP contribution in [0.15, 0.2) is 29.2 Å².